The molecule has 0 amide bonds. The number of nitrogens with zero attached hydrogens (tertiary/aromatic N) is 1. The predicted octanol–water partition coefficient (Wildman–Crippen LogP) is 16.3. The molecule has 0 spiro atoms. The summed E-state index contributed by atoms with van der Waals surface area (Å²) in [5.74, 6) is 0.508. The van der Waals surface area contributed by atoms with Crippen molar-refractivity contribution < 1.29 is 0 Å². The fraction of sp³-hybridized carbons (Fsp3) is 0.0526. The van der Waals surface area contributed by atoms with E-state index in [1.54, 1.807) is 0 Å². The van der Waals surface area contributed by atoms with Gasteiger partial charge in [-0.25, -0.2) is 0 Å². The van der Waals surface area contributed by atoms with Crippen molar-refractivity contribution in [2.24, 2.45) is 0 Å². The van der Waals surface area contributed by atoms with Crippen molar-refractivity contribution in [2.75, 3.05) is 4.90 Å². The molecule has 58 heavy (non-hydrogen) atoms. The van der Waals surface area contributed by atoms with Gasteiger partial charge in [-0.2, -0.15) is 0 Å². The van der Waals surface area contributed by atoms with Gasteiger partial charge in [0.15, 0.2) is 0 Å². The van der Waals surface area contributed by atoms with E-state index in [9.17, 15) is 0 Å². The van der Waals surface area contributed by atoms with Gasteiger partial charge in [0.25, 0.3) is 0 Å². The SMILES string of the molecule is CC1CC=Cc2cc(-c3ccc(N(c4ccc(-c5cccc6ccc7c8ccccc8ccc7c56)cc4)c4cccc(-c5ccccc5)c4)cc3)c3ccccc3c21. The van der Waals surface area contributed by atoms with Crippen LogP contribution in [0.2, 0.25) is 0 Å². The van der Waals surface area contributed by atoms with Crippen LogP contribution in [0.25, 0.3) is 82.5 Å². The molecule has 0 N–H and O–H groups in total. The Kier molecular flexibility index (Phi) is 8.26. The molecular weight excluding hydrogens is 699 g/mol. The number of allylic oxidation sites excluding steroid dienone is 1. The normalized spacial score (nSPS) is 13.6. The van der Waals surface area contributed by atoms with E-state index in [1.165, 1.54) is 87.6 Å². The first-order chi connectivity index (χ1) is 28.7. The molecule has 0 bridgehead atoms. The highest BCUT2D eigenvalue weighted by molar-refractivity contribution is 6.21. The summed E-state index contributed by atoms with van der Waals surface area (Å²) in [5.41, 5.74) is 13.5. The first-order valence-electron chi connectivity index (χ1n) is 20.4. The Balaban J connectivity index is 1.03. The van der Waals surface area contributed by atoms with Gasteiger partial charge in [-0.15, -0.1) is 0 Å². The van der Waals surface area contributed by atoms with Crippen LogP contribution < -0.4 is 4.90 Å². The highest BCUT2D eigenvalue weighted by Crippen LogP contribution is 2.43. The minimum Gasteiger partial charge on any atom is -0.310 e. The van der Waals surface area contributed by atoms with Crippen LogP contribution in [0.1, 0.15) is 30.4 Å². The first-order valence-corrected chi connectivity index (χ1v) is 20.4. The van der Waals surface area contributed by atoms with E-state index >= 15 is 0 Å². The largest absolute Gasteiger partial charge is 0.310 e. The van der Waals surface area contributed by atoms with E-state index < -0.39 is 0 Å². The summed E-state index contributed by atoms with van der Waals surface area (Å²) in [5, 5.41) is 10.4. The molecule has 0 heterocycles. The highest BCUT2D eigenvalue weighted by atomic mass is 15.1. The molecule has 0 saturated heterocycles. The number of hydrogen-bond acceptors (Lipinski definition) is 1. The molecule has 0 aromatic heterocycles. The Morgan fingerprint density at radius 2 is 1.02 bits per heavy atom. The third-order valence-corrected chi connectivity index (χ3v) is 12.2. The second kappa shape index (κ2) is 14.1. The molecule has 0 aliphatic heterocycles. The maximum atomic E-state index is 2.40. The molecule has 1 atom stereocenters. The van der Waals surface area contributed by atoms with Gasteiger partial charge in [-0.05, 0) is 142 Å². The van der Waals surface area contributed by atoms with Crippen molar-refractivity contribution >= 4 is 66.2 Å². The zero-order chi connectivity index (χ0) is 38.6. The van der Waals surface area contributed by atoms with Crippen LogP contribution in [0.15, 0.2) is 206 Å². The molecule has 11 rings (SSSR count). The summed E-state index contributed by atoms with van der Waals surface area (Å²) >= 11 is 0. The maximum Gasteiger partial charge on any atom is 0.0467 e. The van der Waals surface area contributed by atoms with Crippen molar-refractivity contribution in [3.63, 3.8) is 0 Å². The Morgan fingerprint density at radius 1 is 0.397 bits per heavy atom. The van der Waals surface area contributed by atoms with Crippen LogP contribution in [0.4, 0.5) is 17.1 Å². The first kappa shape index (κ1) is 34.1. The quantitative estimate of drug-likeness (QED) is 0.154. The highest BCUT2D eigenvalue weighted by Gasteiger charge is 2.20. The molecule has 10 aromatic carbocycles. The van der Waals surface area contributed by atoms with Gasteiger partial charge < -0.3 is 4.90 Å². The topological polar surface area (TPSA) is 3.24 Å². The smallest absolute Gasteiger partial charge is 0.0467 e. The standard InChI is InChI=1S/C57H41N/c1-38-12-9-18-45-37-55(51-21-7-8-22-53(51)56(38)45)42-26-32-47(33-27-42)58(48-19-10-17-44(36-48)39-13-3-2-4-14-39)46-30-24-41(25-31-46)50-23-11-16-43-29-34-52-49-20-6-5-15-40(49)28-35-54(52)57(43)50/h2-11,13-38H,12H2,1H3. The lowest BCUT2D eigenvalue weighted by Gasteiger charge is -2.27. The van der Waals surface area contributed by atoms with E-state index in [4.69, 9.17) is 0 Å². The minimum absolute atomic E-state index is 0.508. The summed E-state index contributed by atoms with van der Waals surface area (Å²) in [4.78, 5) is 2.39. The van der Waals surface area contributed by atoms with Crippen molar-refractivity contribution in [1.82, 2.24) is 0 Å². The maximum absolute atomic E-state index is 2.40. The lowest BCUT2D eigenvalue weighted by atomic mass is 9.82. The zero-order valence-electron chi connectivity index (χ0n) is 32.4. The zero-order valence-corrected chi connectivity index (χ0v) is 32.4. The lowest BCUT2D eigenvalue weighted by Crippen LogP contribution is -2.10. The number of rotatable bonds is 6. The van der Waals surface area contributed by atoms with Crippen LogP contribution >= 0.6 is 0 Å². The molecule has 1 unspecified atom stereocenters. The average molecular weight is 740 g/mol. The van der Waals surface area contributed by atoms with E-state index in [1.807, 2.05) is 0 Å². The number of benzene rings is 10. The van der Waals surface area contributed by atoms with Crippen LogP contribution in [0, 0.1) is 0 Å². The van der Waals surface area contributed by atoms with Crippen LogP contribution in [0.3, 0.4) is 0 Å². The van der Waals surface area contributed by atoms with Gasteiger partial charge in [-0.3, -0.25) is 0 Å². The fourth-order valence-electron chi connectivity index (χ4n) is 9.46. The fourth-order valence-corrected chi connectivity index (χ4v) is 9.46. The molecule has 1 aliphatic carbocycles. The summed E-state index contributed by atoms with van der Waals surface area (Å²) < 4.78 is 0. The van der Waals surface area contributed by atoms with Crippen LogP contribution in [-0.4, -0.2) is 0 Å². The van der Waals surface area contributed by atoms with E-state index in [0.29, 0.717) is 5.92 Å². The average Bonchev–Trinajstić information content (AvgIpc) is 3.29. The molecule has 0 fully saturated rings. The molecule has 10 aromatic rings. The third kappa shape index (κ3) is 5.78. The summed E-state index contributed by atoms with van der Waals surface area (Å²) in [6.45, 7) is 2.35. The summed E-state index contributed by atoms with van der Waals surface area (Å²) in [6, 6.07) is 73.7. The molecule has 0 saturated carbocycles. The summed E-state index contributed by atoms with van der Waals surface area (Å²) in [6.07, 6.45) is 5.72. The monoisotopic (exact) mass is 739 g/mol. The van der Waals surface area contributed by atoms with Gasteiger partial charge in [-0.1, -0.05) is 177 Å². The van der Waals surface area contributed by atoms with Gasteiger partial charge >= 0.3 is 0 Å². The Hall–Kier alpha value is -7.22. The molecule has 1 heteroatoms. The van der Waals surface area contributed by atoms with Crippen molar-refractivity contribution in [2.45, 2.75) is 19.3 Å². The minimum atomic E-state index is 0.508. The third-order valence-electron chi connectivity index (χ3n) is 12.2. The Morgan fingerprint density at radius 3 is 1.81 bits per heavy atom. The van der Waals surface area contributed by atoms with Crippen molar-refractivity contribution in [1.29, 1.82) is 0 Å². The van der Waals surface area contributed by atoms with Gasteiger partial charge in [0, 0.05) is 17.1 Å². The van der Waals surface area contributed by atoms with Crippen molar-refractivity contribution in [3.8, 4) is 33.4 Å². The number of hydrogen-bond donors (Lipinski definition) is 0. The van der Waals surface area contributed by atoms with E-state index in [2.05, 4.69) is 224 Å². The lowest BCUT2D eigenvalue weighted by molar-refractivity contribution is 0.779. The molecule has 0 radical (unpaired) electrons. The summed E-state index contributed by atoms with van der Waals surface area (Å²) in [7, 11) is 0. The van der Waals surface area contributed by atoms with Crippen LogP contribution in [0.5, 0.6) is 0 Å². The van der Waals surface area contributed by atoms with Gasteiger partial charge in [0.2, 0.25) is 0 Å². The number of fused-ring (bicyclic) bond motifs is 8. The molecular formula is C57H41N. The molecule has 1 nitrogen and oxygen atoms in total. The van der Waals surface area contributed by atoms with E-state index in [0.717, 1.165) is 23.5 Å². The van der Waals surface area contributed by atoms with Gasteiger partial charge in [0.1, 0.15) is 0 Å². The molecule has 1 aliphatic rings. The number of anilines is 3. The van der Waals surface area contributed by atoms with Gasteiger partial charge in [0.05, 0.1) is 0 Å². The predicted molar refractivity (Wildman–Crippen MR) is 250 cm³/mol. The van der Waals surface area contributed by atoms with E-state index in [-0.39, 0.29) is 0 Å². The molecule has 274 valence electrons. The Labute approximate surface area is 339 Å². The second-order valence-electron chi connectivity index (χ2n) is 15.7. The Bertz CT molecular complexity index is 3190. The van der Waals surface area contributed by atoms with Crippen LogP contribution in [-0.2, 0) is 0 Å². The second-order valence-corrected chi connectivity index (χ2v) is 15.7. The van der Waals surface area contributed by atoms with Crippen molar-refractivity contribution in [3.05, 3.63) is 217 Å².